The summed E-state index contributed by atoms with van der Waals surface area (Å²) in [5.74, 6) is -1.28. The molecule has 1 saturated heterocycles. The van der Waals surface area contributed by atoms with Crippen LogP contribution in [0.1, 0.15) is 89.0 Å². The van der Waals surface area contributed by atoms with E-state index in [2.05, 4.69) is 15.4 Å². The summed E-state index contributed by atoms with van der Waals surface area (Å²) < 4.78 is 52.3. The van der Waals surface area contributed by atoms with Crippen LogP contribution in [0.25, 0.3) is 33.5 Å². The largest absolute Gasteiger partial charge is 0.497 e. The minimum Gasteiger partial charge on any atom is -0.497 e. The molecule has 4 heterocycles. The lowest BCUT2D eigenvalue weighted by atomic mass is 10.0. The number of carbonyl (C=O) groups is 4. The zero-order valence-electron chi connectivity index (χ0n) is 34.9. The fourth-order valence-electron chi connectivity index (χ4n) is 9.02. The number of carbonyl (C=O) groups excluding carboxylic acids is 4. The SMILES string of the molecule is COc1ccc(-c2nc(O[C@@H]3C[C@H]4C(=O)N[C@]5(C(=O)NS(=O)(=O)C6CC6)C[C@@H]5/C=C\CCCCC[C@H](NC(=O)OC5CCCC5)C(=O)N4C3)c3oc4ccc(C)cc4c3n2)cc1. The van der Waals surface area contributed by atoms with Gasteiger partial charge >= 0.3 is 6.09 Å². The standard InChI is InChI=1S/C45H52N6O10S/c1-26-14-21-36-33(22-26)37-38(61-36)41(48-39(47-37)27-15-17-29(58-2)18-16-27)59-31-23-35-40(52)49-45(43(54)50-62(56,57)32-19-20-32)24-28(45)10-6-4-3-5-7-13-34(42(53)51(35)25-31)46-44(55)60-30-11-8-9-12-30/h6,10,14-18,21-22,28,30-32,34-35H,3-5,7-9,11-13,19-20,23-25H2,1-2H3,(H,46,55)(H,49,52)(H,50,54)/b10-6-/t28-,31+,34-,35-,45+/m0/s1. The quantitative estimate of drug-likeness (QED) is 0.172. The molecule has 4 aromatic rings. The summed E-state index contributed by atoms with van der Waals surface area (Å²) in [6.07, 6.45) is 9.78. The molecular formula is C45H52N6O10S. The average molecular weight is 869 g/mol. The molecule has 4 fully saturated rings. The predicted molar refractivity (Wildman–Crippen MR) is 228 cm³/mol. The van der Waals surface area contributed by atoms with E-state index >= 15 is 0 Å². The summed E-state index contributed by atoms with van der Waals surface area (Å²) in [4.78, 5) is 67.8. The van der Waals surface area contributed by atoms with E-state index in [0.29, 0.717) is 60.3 Å². The summed E-state index contributed by atoms with van der Waals surface area (Å²) in [5.41, 5.74) is 1.53. The highest BCUT2D eigenvalue weighted by atomic mass is 32.2. The van der Waals surface area contributed by atoms with Crippen molar-refractivity contribution >= 4 is 55.9 Å². The Balaban J connectivity index is 1.06. The third kappa shape index (κ3) is 8.55. The highest BCUT2D eigenvalue weighted by Crippen LogP contribution is 2.46. The van der Waals surface area contributed by atoms with Crippen LogP contribution in [0.4, 0.5) is 4.79 Å². The van der Waals surface area contributed by atoms with Crippen molar-refractivity contribution in [2.45, 2.75) is 125 Å². The smallest absolute Gasteiger partial charge is 0.408 e. The van der Waals surface area contributed by atoms with Gasteiger partial charge in [0.1, 0.15) is 46.7 Å². The summed E-state index contributed by atoms with van der Waals surface area (Å²) in [7, 11) is -2.34. The Morgan fingerprint density at radius 3 is 2.48 bits per heavy atom. The van der Waals surface area contributed by atoms with Gasteiger partial charge in [0.05, 0.1) is 18.9 Å². The van der Waals surface area contributed by atoms with E-state index < -0.39 is 68.7 Å². The number of rotatable bonds is 9. The van der Waals surface area contributed by atoms with Crippen molar-refractivity contribution in [2.24, 2.45) is 5.92 Å². The Kier molecular flexibility index (Phi) is 11.3. The molecule has 5 atom stereocenters. The number of benzene rings is 2. The summed E-state index contributed by atoms with van der Waals surface area (Å²) in [5, 5.41) is 5.85. The van der Waals surface area contributed by atoms with Crippen molar-refractivity contribution in [3.05, 3.63) is 60.2 Å². The fraction of sp³-hybridized carbons (Fsp3) is 0.511. The molecule has 2 aromatic carbocycles. The van der Waals surface area contributed by atoms with Crippen LogP contribution in [0.15, 0.2) is 59.0 Å². The van der Waals surface area contributed by atoms with Gasteiger partial charge in [-0.3, -0.25) is 19.1 Å². The van der Waals surface area contributed by atoms with Crippen LogP contribution in [0.2, 0.25) is 0 Å². The number of furan rings is 1. The van der Waals surface area contributed by atoms with Crippen LogP contribution in [0.5, 0.6) is 11.6 Å². The molecule has 0 spiro atoms. The molecule has 4 amide bonds. The number of alkyl carbamates (subject to hydrolysis) is 1. The predicted octanol–water partition coefficient (Wildman–Crippen LogP) is 5.75. The number of methoxy groups -OCH3 is 1. The van der Waals surface area contributed by atoms with Crippen LogP contribution in [-0.2, 0) is 29.1 Å². The van der Waals surface area contributed by atoms with E-state index in [-0.39, 0.29) is 37.0 Å². The molecule has 16 nitrogen and oxygen atoms in total. The number of ether oxygens (including phenoxy) is 3. The van der Waals surface area contributed by atoms with E-state index in [9.17, 15) is 27.6 Å². The first-order valence-corrected chi connectivity index (χ1v) is 23.3. The number of amides is 4. The van der Waals surface area contributed by atoms with E-state index in [1.807, 2.05) is 49.4 Å². The third-order valence-corrected chi connectivity index (χ3v) is 14.6. The topological polar surface area (TPSA) is 208 Å². The molecule has 3 saturated carbocycles. The maximum absolute atomic E-state index is 14.8. The monoisotopic (exact) mass is 868 g/mol. The molecule has 3 aliphatic carbocycles. The van der Waals surface area contributed by atoms with Crippen LogP contribution in [0.3, 0.4) is 0 Å². The molecular weight excluding hydrogens is 817 g/mol. The Bertz CT molecular complexity index is 2530. The lowest BCUT2D eigenvalue weighted by Gasteiger charge is -2.30. The van der Waals surface area contributed by atoms with Gasteiger partial charge < -0.3 is 34.2 Å². The lowest BCUT2D eigenvalue weighted by Crippen LogP contribution is -2.58. The number of hydrogen-bond donors (Lipinski definition) is 3. The number of aryl methyl sites for hydroxylation is 1. The fourth-order valence-corrected chi connectivity index (χ4v) is 10.4. The van der Waals surface area contributed by atoms with Crippen molar-refractivity contribution in [1.29, 1.82) is 0 Å². The molecule has 9 rings (SSSR count). The van der Waals surface area contributed by atoms with Crippen molar-refractivity contribution < 1.29 is 46.2 Å². The molecule has 2 aromatic heterocycles. The number of aromatic nitrogens is 2. The van der Waals surface area contributed by atoms with Crippen molar-refractivity contribution in [3.8, 4) is 23.0 Å². The second-order valence-electron chi connectivity index (χ2n) is 17.4. The number of nitrogens with zero attached hydrogens (tertiary/aromatic N) is 3. The van der Waals surface area contributed by atoms with Gasteiger partial charge in [-0.15, -0.1) is 0 Å². The van der Waals surface area contributed by atoms with Gasteiger partial charge in [0, 0.05) is 23.3 Å². The first kappa shape index (κ1) is 41.6. The molecule has 62 heavy (non-hydrogen) atoms. The Morgan fingerprint density at radius 1 is 0.952 bits per heavy atom. The Hall–Kier alpha value is -5.71. The zero-order chi connectivity index (χ0) is 43.2. The highest BCUT2D eigenvalue weighted by Gasteiger charge is 2.62. The number of nitrogens with one attached hydrogen (secondary N) is 3. The Morgan fingerprint density at radius 2 is 1.73 bits per heavy atom. The molecule has 0 unspecified atom stereocenters. The molecule has 2 aliphatic heterocycles. The highest BCUT2D eigenvalue weighted by molar-refractivity contribution is 7.91. The number of hydrogen-bond acceptors (Lipinski definition) is 12. The first-order valence-electron chi connectivity index (χ1n) is 21.7. The average Bonchev–Trinajstić information content (AvgIpc) is 4.07. The number of fused-ring (bicyclic) bond motifs is 5. The summed E-state index contributed by atoms with van der Waals surface area (Å²) >= 11 is 0. The second-order valence-corrected chi connectivity index (χ2v) is 19.3. The van der Waals surface area contributed by atoms with Gasteiger partial charge in [-0.05, 0) is 108 Å². The number of allylic oxidation sites excluding steroid dienone is 1. The van der Waals surface area contributed by atoms with Crippen LogP contribution in [-0.4, -0.2) is 95.8 Å². The van der Waals surface area contributed by atoms with Crippen LogP contribution >= 0.6 is 0 Å². The molecule has 3 N–H and O–H groups in total. The molecule has 328 valence electrons. The maximum Gasteiger partial charge on any atom is 0.408 e. The first-order chi connectivity index (χ1) is 29.9. The van der Waals surface area contributed by atoms with E-state index in [1.54, 1.807) is 19.2 Å². The minimum absolute atomic E-state index is 0.0158. The third-order valence-electron chi connectivity index (χ3n) is 12.8. The van der Waals surface area contributed by atoms with Crippen molar-refractivity contribution in [2.75, 3.05) is 13.7 Å². The van der Waals surface area contributed by atoms with E-state index in [0.717, 1.165) is 49.5 Å². The molecule has 17 heteroatoms. The van der Waals surface area contributed by atoms with E-state index in [1.165, 1.54) is 4.90 Å². The molecule has 0 radical (unpaired) electrons. The maximum atomic E-state index is 14.8. The van der Waals surface area contributed by atoms with Gasteiger partial charge in [0.15, 0.2) is 5.82 Å². The summed E-state index contributed by atoms with van der Waals surface area (Å²) in [6.45, 7) is 1.90. The van der Waals surface area contributed by atoms with Gasteiger partial charge in [0.2, 0.25) is 27.4 Å². The van der Waals surface area contributed by atoms with Gasteiger partial charge in [-0.2, -0.15) is 4.98 Å². The zero-order valence-corrected chi connectivity index (χ0v) is 35.7. The van der Waals surface area contributed by atoms with E-state index in [4.69, 9.17) is 28.6 Å². The van der Waals surface area contributed by atoms with Crippen molar-refractivity contribution in [1.82, 2.24) is 30.2 Å². The Labute approximate surface area is 359 Å². The summed E-state index contributed by atoms with van der Waals surface area (Å²) in [6, 6.07) is 10.8. The normalized spacial score (nSPS) is 26.5. The van der Waals surface area contributed by atoms with Gasteiger partial charge in [-0.1, -0.05) is 36.6 Å². The van der Waals surface area contributed by atoms with Crippen LogP contribution in [0, 0.1) is 12.8 Å². The minimum atomic E-state index is -3.92. The van der Waals surface area contributed by atoms with Gasteiger partial charge in [0.25, 0.3) is 11.8 Å². The van der Waals surface area contributed by atoms with Gasteiger partial charge in [-0.25, -0.2) is 18.2 Å². The van der Waals surface area contributed by atoms with Crippen molar-refractivity contribution in [3.63, 3.8) is 0 Å². The number of sulfonamides is 1. The molecule has 5 aliphatic rings. The molecule has 0 bridgehead atoms. The van der Waals surface area contributed by atoms with Crippen LogP contribution < -0.4 is 24.8 Å². The second kappa shape index (κ2) is 16.9. The lowest BCUT2D eigenvalue weighted by molar-refractivity contribution is -0.141.